The maximum Gasteiger partial charge on any atom is 0.362 e. The van der Waals surface area contributed by atoms with Gasteiger partial charge in [0.15, 0.2) is 11.4 Å². The fourth-order valence-corrected chi connectivity index (χ4v) is 16.8. The predicted molar refractivity (Wildman–Crippen MR) is 326 cm³/mol. The van der Waals surface area contributed by atoms with E-state index in [4.69, 9.17) is 0 Å². The van der Waals surface area contributed by atoms with Crippen molar-refractivity contribution in [1.82, 2.24) is 0 Å². The molecular weight excluding hydrogens is 955 g/mol. The molecule has 0 aliphatic carbocycles. The molecular formula is C70H62B2N2S2. The Morgan fingerprint density at radius 1 is 0.329 bits per heavy atom. The summed E-state index contributed by atoms with van der Waals surface area (Å²) < 4.78 is 5.21. The van der Waals surface area contributed by atoms with Crippen molar-refractivity contribution >= 4 is 68.0 Å². The predicted octanol–water partition coefficient (Wildman–Crippen LogP) is 11.5. The van der Waals surface area contributed by atoms with Crippen molar-refractivity contribution < 1.29 is 8.96 Å². The van der Waals surface area contributed by atoms with Gasteiger partial charge in [-0.25, -0.2) is 0 Å². The third-order valence-electron chi connectivity index (χ3n) is 16.9. The number of hydrogen-bond donors (Lipinski definition) is 0. The van der Waals surface area contributed by atoms with Gasteiger partial charge in [0.25, 0.3) is 0 Å². The minimum absolute atomic E-state index is 0.997. The van der Waals surface area contributed by atoms with Crippen molar-refractivity contribution in [2.24, 2.45) is 0 Å². The van der Waals surface area contributed by atoms with E-state index in [1.807, 2.05) is 0 Å². The number of pyridine rings is 2. The second kappa shape index (κ2) is 18.5. The number of fused-ring (bicyclic) bond motifs is 6. The van der Waals surface area contributed by atoms with Crippen LogP contribution >= 0.6 is 22.7 Å². The molecule has 2 aliphatic heterocycles. The summed E-state index contributed by atoms with van der Waals surface area (Å²) in [6, 6.07) is 54.9. The molecule has 4 aromatic heterocycles. The number of hydrogen-bond acceptors (Lipinski definition) is 2. The maximum absolute atomic E-state index is 3.64. The van der Waals surface area contributed by atoms with Gasteiger partial charge in [0.2, 0.25) is 0 Å². The van der Waals surface area contributed by atoms with Crippen LogP contribution in [-0.2, 0) is 0 Å². The minimum atomic E-state index is -1.62. The summed E-state index contributed by atoms with van der Waals surface area (Å²) in [7, 11) is 0. The second-order valence-corrected chi connectivity index (χ2v) is 24.5. The highest BCUT2D eigenvalue weighted by Crippen LogP contribution is 2.35. The van der Waals surface area contributed by atoms with Crippen LogP contribution < -0.4 is 41.7 Å². The van der Waals surface area contributed by atoms with Crippen LogP contribution in [0.4, 0.5) is 0 Å². The molecule has 0 N–H and O–H groups in total. The molecule has 6 aromatic carbocycles. The van der Waals surface area contributed by atoms with Gasteiger partial charge in [0, 0.05) is 33.0 Å². The van der Waals surface area contributed by atoms with Gasteiger partial charge in [-0.2, -0.15) is 0 Å². The van der Waals surface area contributed by atoms with Crippen molar-refractivity contribution in [1.29, 1.82) is 0 Å². The van der Waals surface area contributed by atoms with E-state index in [-0.39, 0.29) is 0 Å². The van der Waals surface area contributed by atoms with Gasteiger partial charge < -0.3 is 8.96 Å². The van der Waals surface area contributed by atoms with Gasteiger partial charge in [0.1, 0.15) is 12.4 Å². The highest BCUT2D eigenvalue weighted by Gasteiger charge is 2.54. The average Bonchev–Trinajstić information content (AvgIpc) is 4.31. The van der Waals surface area contributed by atoms with E-state index in [0.29, 0.717) is 0 Å². The quantitative estimate of drug-likeness (QED) is 0.120. The third kappa shape index (κ3) is 7.64. The molecule has 2 nitrogen and oxygen atoms in total. The van der Waals surface area contributed by atoms with E-state index in [0.717, 1.165) is 20.9 Å². The first-order chi connectivity index (χ1) is 36.6. The molecule has 0 spiro atoms. The SMILES string of the molecule is Cc1cc(C)c([B-]2(c3c(C)cc(C)cc3C)c3ccccc3-c3ccc(C#Cc4ccc(-c5ccc(C#Cc6ccc7[n+](c6)[B-](c6c(C)cc(C)cc6C)(c6c(C)cc(C)cc6C)c6ccccc6-7)s5)s4)c[n+]32)c(C)c1. The molecule has 0 unspecified atom stereocenters. The van der Waals surface area contributed by atoms with Gasteiger partial charge in [0.05, 0.1) is 20.9 Å². The minimum Gasteiger partial charge on any atom is -0.407 e. The highest BCUT2D eigenvalue weighted by atomic mass is 32.1. The molecule has 6 heterocycles. The summed E-state index contributed by atoms with van der Waals surface area (Å²) in [5.74, 6) is 14.5. The summed E-state index contributed by atoms with van der Waals surface area (Å²) in [4.78, 5) is 4.48. The number of aromatic nitrogens is 2. The van der Waals surface area contributed by atoms with E-state index >= 15 is 0 Å². The van der Waals surface area contributed by atoms with Crippen molar-refractivity contribution in [3.8, 4) is 56.0 Å². The smallest absolute Gasteiger partial charge is 0.362 e. The van der Waals surface area contributed by atoms with Crippen LogP contribution in [-0.4, -0.2) is 12.6 Å². The topological polar surface area (TPSA) is 7.76 Å². The monoisotopic (exact) mass is 1020 g/mol. The number of nitrogens with zero attached hydrogens (tertiary/aromatic N) is 2. The van der Waals surface area contributed by atoms with Crippen LogP contribution in [0.5, 0.6) is 0 Å². The molecule has 0 fully saturated rings. The molecule has 0 bridgehead atoms. The summed E-state index contributed by atoms with van der Waals surface area (Å²) >= 11 is 3.49. The Labute approximate surface area is 458 Å². The normalized spacial score (nSPS) is 13.3. The lowest BCUT2D eigenvalue weighted by atomic mass is 9.22. The zero-order chi connectivity index (χ0) is 52.9. The maximum atomic E-state index is 3.64. The van der Waals surface area contributed by atoms with Gasteiger partial charge >= 0.3 is 12.6 Å². The van der Waals surface area contributed by atoms with E-state index in [2.05, 4.69) is 274 Å². The first-order valence-corrected chi connectivity index (χ1v) is 28.4. The number of benzene rings is 6. The largest absolute Gasteiger partial charge is 0.407 e. The van der Waals surface area contributed by atoms with Crippen molar-refractivity contribution in [3.05, 3.63) is 246 Å². The lowest BCUT2D eigenvalue weighted by molar-refractivity contribution is -0.524. The van der Waals surface area contributed by atoms with Gasteiger partial charge in [-0.1, -0.05) is 188 Å². The molecule has 0 amide bonds. The zero-order valence-electron chi connectivity index (χ0n) is 45.9. The highest BCUT2D eigenvalue weighted by molar-refractivity contribution is 7.22. The number of aryl methyl sites for hydroxylation is 12. The van der Waals surface area contributed by atoms with Gasteiger partial charge in [-0.3, -0.25) is 0 Å². The Balaban J connectivity index is 0.898. The Bertz CT molecular complexity index is 3760. The van der Waals surface area contributed by atoms with Gasteiger partial charge in [-0.15, -0.1) is 55.5 Å². The molecule has 6 heteroatoms. The van der Waals surface area contributed by atoms with Crippen molar-refractivity contribution in [3.63, 3.8) is 0 Å². The first kappa shape index (κ1) is 49.2. The third-order valence-corrected chi connectivity index (χ3v) is 19.1. The van der Waals surface area contributed by atoms with Crippen LogP contribution in [0.15, 0.2) is 158 Å². The second-order valence-electron chi connectivity index (χ2n) is 22.3. The molecule has 10 aromatic rings. The van der Waals surface area contributed by atoms with Crippen LogP contribution in [0.2, 0.25) is 0 Å². The zero-order valence-corrected chi connectivity index (χ0v) is 47.5. The first-order valence-electron chi connectivity index (χ1n) is 26.8. The van der Waals surface area contributed by atoms with Crippen molar-refractivity contribution in [2.45, 2.75) is 83.1 Å². The Morgan fingerprint density at radius 2 is 0.632 bits per heavy atom. The molecule has 0 radical (unpaired) electrons. The molecule has 370 valence electrons. The summed E-state index contributed by atoms with van der Waals surface area (Å²) in [5, 5.41) is 0. The lowest BCUT2D eigenvalue weighted by Crippen LogP contribution is -2.84. The van der Waals surface area contributed by atoms with Crippen LogP contribution in [0.25, 0.3) is 32.3 Å². The molecule has 0 atom stereocenters. The summed E-state index contributed by atoms with van der Waals surface area (Å²) in [5.41, 5.74) is 31.1. The molecule has 0 saturated heterocycles. The molecule has 76 heavy (non-hydrogen) atoms. The van der Waals surface area contributed by atoms with Crippen molar-refractivity contribution in [2.75, 3.05) is 0 Å². The Hall–Kier alpha value is -7.73. The standard InChI is InChI=1S/C70H62B2N2S2/c1-43-33-47(5)67(48(6)34-43)71(68-49(7)35-44(2)36-50(68)8)61-19-15-13-17-59(61)63-29-23-55(41-73(63)71)21-25-57-27-31-65(75-57)66-32-28-58(76-66)26-22-56-24-30-64-60-18-14-16-20-62(60)72(74(64)42-56,69-51(9)37-45(3)38-52(69)10)70-53(11)39-46(4)40-54(70)12/h13-20,23-24,27-42H,1-12H3. The summed E-state index contributed by atoms with van der Waals surface area (Å²) in [6.07, 6.45) is 1.45. The molecule has 0 saturated carbocycles. The van der Waals surface area contributed by atoms with E-state index in [1.54, 1.807) is 22.7 Å². The average molecular weight is 1020 g/mol. The lowest BCUT2D eigenvalue weighted by Gasteiger charge is -2.39. The van der Waals surface area contributed by atoms with Crippen LogP contribution in [0.3, 0.4) is 0 Å². The number of thiophene rings is 2. The Kier molecular flexibility index (Phi) is 12.0. The Morgan fingerprint density at radius 3 is 0.947 bits per heavy atom. The number of rotatable bonds is 5. The van der Waals surface area contributed by atoms with E-state index in [9.17, 15) is 0 Å². The van der Waals surface area contributed by atoms with E-state index < -0.39 is 12.6 Å². The summed E-state index contributed by atoms with van der Waals surface area (Å²) in [6.45, 7) is 27.3. The molecule has 12 rings (SSSR count). The van der Waals surface area contributed by atoms with Crippen LogP contribution in [0.1, 0.15) is 87.6 Å². The van der Waals surface area contributed by atoms with Crippen LogP contribution in [0, 0.1) is 107 Å². The van der Waals surface area contributed by atoms with Gasteiger partial charge in [-0.05, 0) is 119 Å². The fraction of sp³-hybridized carbons (Fsp3) is 0.171. The molecule has 2 aliphatic rings. The fourth-order valence-electron chi connectivity index (χ4n) is 15.0. The van der Waals surface area contributed by atoms with E-state index in [1.165, 1.54) is 132 Å².